The molecule has 0 heterocycles. The zero-order chi connectivity index (χ0) is 65.1. The number of benzene rings is 4. The Kier molecular flexibility index (Phi) is 25.6. The molecule has 4 aromatic rings. The second-order valence-electron chi connectivity index (χ2n) is 28.7. The summed E-state index contributed by atoms with van der Waals surface area (Å²) in [5, 5.41) is 4.81. The normalized spacial score (nSPS) is 14.9. The highest BCUT2D eigenvalue weighted by molar-refractivity contribution is 7.03. The van der Waals surface area contributed by atoms with E-state index in [4.69, 9.17) is 61.7 Å². The highest BCUT2D eigenvalue weighted by Gasteiger charge is 2.54. The van der Waals surface area contributed by atoms with E-state index in [-0.39, 0.29) is 0 Å². The predicted octanol–water partition coefficient (Wildman–Crippen LogP) is 13.8. The Morgan fingerprint density at radius 1 is 0.141 bits per heavy atom. The minimum absolute atomic E-state index is 1.20. The first-order valence-electron chi connectivity index (χ1n) is 29.8. The van der Waals surface area contributed by atoms with Crippen molar-refractivity contribution in [1.82, 2.24) is 0 Å². The van der Waals surface area contributed by atoms with Crippen LogP contribution in [0.3, 0.4) is 0 Å². The SMILES string of the molecule is C[Si](C)(O[Si](C)(C)O[Si](C)(C)O[Si](C)(C)O[Si](C)(C)O[Si](C)(C)O[Si](C)(C)O[Si](C)(C)O[Si](C)(c1ccccc1)c1ccccc1)O[Si](C)(C)O[Si](C)(C)O[Si](C)(C)O[Si](C)(C)O[Si](C)(C)O[Si](C)(C)O[Si](C)(c1ccccc1)c1ccccc1. The fourth-order valence-electron chi connectivity index (χ4n) is 12.6. The van der Waals surface area contributed by atoms with Gasteiger partial charge in [-0.3, -0.25) is 0 Å². The molecule has 0 spiro atoms. The zero-order valence-corrected chi connectivity index (χ0v) is 73.7. The Balaban J connectivity index is 1.33. The molecule has 0 aliphatic rings. The van der Waals surface area contributed by atoms with E-state index in [1.54, 1.807) is 0 Å². The van der Waals surface area contributed by atoms with Gasteiger partial charge in [-0.2, -0.15) is 0 Å². The molecule has 31 heteroatoms. The van der Waals surface area contributed by atoms with Gasteiger partial charge in [-0.25, -0.2) is 0 Å². The summed E-state index contributed by atoms with van der Waals surface area (Å²) in [6.45, 7) is 62.9. The van der Waals surface area contributed by atoms with Crippen molar-refractivity contribution in [3.8, 4) is 0 Å². The van der Waals surface area contributed by atoms with Crippen molar-refractivity contribution in [3.63, 3.8) is 0 Å². The summed E-state index contributed by atoms with van der Waals surface area (Å²) in [6, 6.07) is 42.2. The van der Waals surface area contributed by atoms with E-state index >= 15 is 0 Å². The molecule has 0 atom stereocenters. The molecular weight excluding hydrogens is 1340 g/mol. The van der Waals surface area contributed by atoms with Crippen LogP contribution < -0.4 is 20.7 Å². The van der Waals surface area contributed by atoms with E-state index in [9.17, 15) is 0 Å². The maximum Gasteiger partial charge on any atom is 0.314 e. The Labute approximate surface area is 532 Å². The molecule has 0 radical (unpaired) electrons. The molecule has 0 N–H and O–H groups in total. The fraction of sp³-hybridized carbons (Fsp3) is 0.556. The molecule has 0 fully saturated rings. The van der Waals surface area contributed by atoms with Gasteiger partial charge in [0, 0.05) is 0 Å². The van der Waals surface area contributed by atoms with Gasteiger partial charge in [0.25, 0.3) is 0 Å². The van der Waals surface area contributed by atoms with Crippen molar-refractivity contribution in [2.75, 3.05) is 0 Å². The van der Waals surface area contributed by atoms with Crippen LogP contribution in [-0.2, 0) is 61.7 Å². The van der Waals surface area contributed by atoms with Crippen LogP contribution in [0.5, 0.6) is 0 Å². The largest absolute Gasteiger partial charge is 0.429 e. The van der Waals surface area contributed by atoms with E-state index in [1.807, 2.05) is 24.3 Å². The highest BCUT2D eigenvalue weighted by Crippen LogP contribution is 2.34. The molecule has 480 valence electrons. The smallest absolute Gasteiger partial charge is 0.314 e. The molecule has 0 aliphatic carbocycles. The third-order valence-electron chi connectivity index (χ3n) is 12.6. The Morgan fingerprint density at radius 3 is 0.341 bits per heavy atom. The lowest BCUT2D eigenvalue weighted by atomic mass is 10.4. The van der Waals surface area contributed by atoms with Gasteiger partial charge >= 0.3 is 120 Å². The summed E-state index contributed by atoms with van der Waals surface area (Å²) in [5.41, 5.74) is 0. The lowest BCUT2D eigenvalue weighted by molar-refractivity contribution is 0.251. The van der Waals surface area contributed by atoms with Gasteiger partial charge in [0.05, 0.1) is 0 Å². The van der Waals surface area contributed by atoms with Gasteiger partial charge in [0.15, 0.2) is 0 Å². The van der Waals surface area contributed by atoms with Gasteiger partial charge in [-0.05, 0) is 217 Å². The van der Waals surface area contributed by atoms with Crippen molar-refractivity contribution < 1.29 is 61.7 Å². The average molecular weight is 1450 g/mol. The molecule has 0 aliphatic heterocycles. The van der Waals surface area contributed by atoms with Gasteiger partial charge in [-0.1, -0.05) is 121 Å². The van der Waals surface area contributed by atoms with Crippen LogP contribution in [-0.4, -0.2) is 136 Å². The van der Waals surface area contributed by atoms with Crippen molar-refractivity contribution in [2.45, 2.75) is 196 Å². The van der Waals surface area contributed by atoms with Gasteiger partial charge in [-0.15, -0.1) is 0 Å². The first kappa shape index (κ1) is 77.2. The molecule has 0 saturated carbocycles. The van der Waals surface area contributed by atoms with Crippen LogP contribution in [0.2, 0.25) is 196 Å². The molecular formula is C54H110O15Si16. The van der Waals surface area contributed by atoms with E-state index < -0.39 is 136 Å². The van der Waals surface area contributed by atoms with E-state index in [0.29, 0.717) is 0 Å². The second-order valence-corrected chi connectivity index (χ2v) is 86.5. The molecule has 4 rings (SSSR count). The monoisotopic (exact) mass is 1450 g/mol. The van der Waals surface area contributed by atoms with Crippen molar-refractivity contribution in [3.05, 3.63) is 121 Å². The number of hydrogen-bond acceptors (Lipinski definition) is 15. The maximum atomic E-state index is 7.25. The van der Waals surface area contributed by atoms with Crippen LogP contribution in [0.1, 0.15) is 0 Å². The second kappa shape index (κ2) is 28.1. The molecule has 15 nitrogen and oxygen atoms in total. The lowest BCUT2D eigenvalue weighted by Crippen LogP contribution is -2.66. The number of rotatable bonds is 34. The fourth-order valence-corrected chi connectivity index (χ4v) is 95.4. The molecule has 0 unspecified atom stereocenters. The Hall–Kier alpha value is -0.250. The van der Waals surface area contributed by atoms with Crippen LogP contribution in [0, 0.1) is 0 Å². The van der Waals surface area contributed by atoms with Crippen molar-refractivity contribution in [1.29, 1.82) is 0 Å². The highest BCUT2D eigenvalue weighted by atomic mass is 28.5. The van der Waals surface area contributed by atoms with Crippen LogP contribution in [0.4, 0.5) is 0 Å². The third-order valence-corrected chi connectivity index (χ3v) is 76.7. The topological polar surface area (TPSA) is 138 Å². The number of hydrogen-bond donors (Lipinski definition) is 0. The Bertz CT molecular complexity index is 2480. The van der Waals surface area contributed by atoms with Gasteiger partial charge < -0.3 is 61.7 Å². The minimum atomic E-state index is -2.87. The summed E-state index contributed by atoms with van der Waals surface area (Å²) in [4.78, 5) is 0. The van der Waals surface area contributed by atoms with Crippen LogP contribution >= 0.6 is 0 Å². The molecule has 4 aromatic carbocycles. The van der Waals surface area contributed by atoms with Crippen molar-refractivity contribution in [2.24, 2.45) is 0 Å². The summed E-state index contributed by atoms with van der Waals surface area (Å²) >= 11 is 0. The summed E-state index contributed by atoms with van der Waals surface area (Å²) in [5.74, 6) is 0. The van der Waals surface area contributed by atoms with E-state index in [1.165, 1.54) is 20.7 Å². The first-order valence-corrected chi connectivity index (χ1v) is 74.0. The quantitative estimate of drug-likeness (QED) is 0.0410. The zero-order valence-electron chi connectivity index (χ0n) is 57.7. The van der Waals surface area contributed by atoms with Crippen LogP contribution in [0.25, 0.3) is 0 Å². The van der Waals surface area contributed by atoms with E-state index in [2.05, 4.69) is 293 Å². The van der Waals surface area contributed by atoms with Crippen LogP contribution in [0.15, 0.2) is 121 Å². The lowest BCUT2D eigenvalue weighted by Gasteiger charge is -2.45. The van der Waals surface area contributed by atoms with Crippen molar-refractivity contribution >= 4 is 157 Å². The minimum Gasteiger partial charge on any atom is -0.429 e. The first-order chi connectivity index (χ1) is 38.0. The van der Waals surface area contributed by atoms with E-state index in [0.717, 1.165) is 0 Å². The predicted molar refractivity (Wildman–Crippen MR) is 389 cm³/mol. The standard InChI is InChI=1S/C54H110O15Si16/c1-70(2,56-72(5,6)58-74(9,10)60-76(13,14)62-78(17,18)64-80(21,22)66-82(25,26)68-84(29,51-43-35-31-36-44-51)52-45-37-32-38-46-52)55-71(3,4)57-73(7,8)59-75(11,12)61-77(15,16)63-79(19,20)65-81(23,24)67-83(27,28)69-85(30,53-47-39-33-40-48-53)54-49-41-34-42-50-54/h31-50H,1-30H3. The third kappa shape index (κ3) is 26.3. The summed E-state index contributed by atoms with van der Waals surface area (Å²) < 4.78 is 105. The summed E-state index contributed by atoms with van der Waals surface area (Å²) in [6.07, 6.45) is 0. The molecule has 0 amide bonds. The summed E-state index contributed by atoms with van der Waals surface area (Å²) in [7, 11) is -44.9. The molecule has 0 aromatic heterocycles. The van der Waals surface area contributed by atoms with Gasteiger partial charge in [0.2, 0.25) is 16.6 Å². The molecule has 0 bridgehead atoms. The Morgan fingerprint density at radius 2 is 0.235 bits per heavy atom. The maximum absolute atomic E-state index is 7.25. The van der Waals surface area contributed by atoms with Gasteiger partial charge in [0.1, 0.15) is 0 Å². The molecule has 85 heavy (non-hydrogen) atoms. The average Bonchev–Trinajstić information content (AvgIpc) is 1.92. The molecule has 0 saturated heterocycles.